The summed E-state index contributed by atoms with van der Waals surface area (Å²) < 4.78 is 0. The molecule has 13 heavy (non-hydrogen) atoms. The van der Waals surface area contributed by atoms with Gasteiger partial charge >= 0.3 is 0 Å². The van der Waals surface area contributed by atoms with Gasteiger partial charge in [0.1, 0.15) is 0 Å². The zero-order chi connectivity index (χ0) is 9.15. The molecule has 3 heteroatoms. The van der Waals surface area contributed by atoms with Crippen molar-refractivity contribution in [3.8, 4) is 0 Å². The topological polar surface area (TPSA) is 50.1 Å². The third-order valence-corrected chi connectivity index (χ3v) is 3.48. The summed E-state index contributed by atoms with van der Waals surface area (Å²) in [5.74, 6) is 0. The van der Waals surface area contributed by atoms with Crippen molar-refractivity contribution in [1.29, 1.82) is 0 Å². The largest absolute Gasteiger partial charge is 0.329 e. The van der Waals surface area contributed by atoms with E-state index in [9.17, 15) is 0 Å². The smallest absolute Gasteiger partial charge is 0.0432 e. The fraction of sp³-hybridized carbons (Fsp3) is 1.00. The van der Waals surface area contributed by atoms with Crippen LogP contribution in [0.5, 0.6) is 0 Å². The van der Waals surface area contributed by atoms with Gasteiger partial charge in [0.05, 0.1) is 0 Å². The van der Waals surface area contributed by atoms with Gasteiger partial charge in [-0.2, -0.15) is 0 Å². The molecule has 2 rings (SSSR count). The maximum absolute atomic E-state index is 5.86. The Morgan fingerprint density at radius 1 is 1.38 bits per heavy atom. The summed E-state index contributed by atoms with van der Waals surface area (Å²) >= 11 is 0. The van der Waals surface area contributed by atoms with Gasteiger partial charge in [-0.1, -0.05) is 6.42 Å². The molecule has 3 nitrogen and oxygen atoms in total. The molecule has 1 saturated carbocycles. The predicted molar refractivity (Wildman–Crippen MR) is 54.7 cm³/mol. The van der Waals surface area contributed by atoms with Gasteiger partial charge in [-0.3, -0.25) is 0 Å². The first-order valence-corrected chi connectivity index (χ1v) is 5.53. The number of nitrogens with two attached hydrogens (primary N) is 1. The van der Waals surface area contributed by atoms with Crippen molar-refractivity contribution in [3.05, 3.63) is 0 Å². The van der Waals surface area contributed by atoms with Crippen LogP contribution in [0.4, 0.5) is 0 Å². The molecule has 0 radical (unpaired) electrons. The summed E-state index contributed by atoms with van der Waals surface area (Å²) in [6.45, 7) is 2.99. The maximum Gasteiger partial charge on any atom is 0.0432 e. The lowest BCUT2D eigenvalue weighted by Gasteiger charge is -2.43. The summed E-state index contributed by atoms with van der Waals surface area (Å²) in [5, 5.41) is 7.17. The van der Waals surface area contributed by atoms with E-state index >= 15 is 0 Å². The third kappa shape index (κ3) is 2.03. The van der Waals surface area contributed by atoms with E-state index in [4.69, 9.17) is 5.73 Å². The molecule has 0 spiro atoms. The molecule has 0 aromatic rings. The fourth-order valence-electron chi connectivity index (χ4n) is 2.31. The van der Waals surface area contributed by atoms with Crippen LogP contribution in [-0.2, 0) is 0 Å². The fourth-order valence-corrected chi connectivity index (χ4v) is 2.31. The van der Waals surface area contributed by atoms with Crippen LogP contribution in [0, 0.1) is 0 Å². The van der Waals surface area contributed by atoms with Gasteiger partial charge < -0.3 is 16.4 Å². The standard InChI is InChI=1S/C10H21N3/c11-7-10(5-2-6-12-8-10)13-9-3-1-4-9/h9,12-13H,1-8,11H2. The molecule has 2 aliphatic rings. The van der Waals surface area contributed by atoms with Crippen LogP contribution in [0.15, 0.2) is 0 Å². The first kappa shape index (κ1) is 9.44. The Kier molecular flexibility index (Phi) is 2.86. The predicted octanol–water partition coefficient (Wildman–Crippen LogP) is 0.209. The van der Waals surface area contributed by atoms with Gasteiger partial charge in [-0.15, -0.1) is 0 Å². The molecule has 76 valence electrons. The van der Waals surface area contributed by atoms with Gasteiger partial charge in [0, 0.05) is 24.7 Å². The van der Waals surface area contributed by atoms with Crippen LogP contribution < -0.4 is 16.4 Å². The van der Waals surface area contributed by atoms with E-state index in [0.717, 1.165) is 25.7 Å². The van der Waals surface area contributed by atoms with Crippen LogP contribution >= 0.6 is 0 Å². The van der Waals surface area contributed by atoms with Crippen molar-refractivity contribution in [3.63, 3.8) is 0 Å². The van der Waals surface area contributed by atoms with E-state index in [1.165, 1.54) is 32.1 Å². The second kappa shape index (κ2) is 3.95. The second-order valence-corrected chi connectivity index (χ2v) is 4.54. The number of nitrogens with one attached hydrogen (secondary N) is 2. The third-order valence-electron chi connectivity index (χ3n) is 3.48. The monoisotopic (exact) mass is 183 g/mol. The molecule has 0 amide bonds. The van der Waals surface area contributed by atoms with Gasteiger partial charge in [-0.25, -0.2) is 0 Å². The van der Waals surface area contributed by atoms with Crippen molar-refractivity contribution in [1.82, 2.24) is 10.6 Å². The summed E-state index contributed by atoms with van der Waals surface area (Å²) in [6, 6.07) is 0.753. The maximum atomic E-state index is 5.86. The van der Waals surface area contributed by atoms with Crippen molar-refractivity contribution in [2.45, 2.75) is 43.7 Å². The quantitative estimate of drug-likeness (QED) is 0.586. The van der Waals surface area contributed by atoms with Crippen LogP contribution in [0.2, 0.25) is 0 Å². The first-order valence-electron chi connectivity index (χ1n) is 5.53. The SMILES string of the molecule is NCC1(NC2CCC2)CCCNC1. The molecular weight excluding hydrogens is 162 g/mol. The Balaban J connectivity index is 1.88. The molecule has 1 aliphatic heterocycles. The number of hydrogen-bond acceptors (Lipinski definition) is 3. The van der Waals surface area contributed by atoms with Crippen LogP contribution in [0.25, 0.3) is 0 Å². The van der Waals surface area contributed by atoms with Gasteiger partial charge in [0.15, 0.2) is 0 Å². The molecule has 1 atom stereocenters. The lowest BCUT2D eigenvalue weighted by atomic mass is 9.85. The zero-order valence-electron chi connectivity index (χ0n) is 8.31. The highest BCUT2D eigenvalue weighted by atomic mass is 15.1. The number of rotatable bonds is 3. The zero-order valence-corrected chi connectivity index (χ0v) is 8.31. The Morgan fingerprint density at radius 3 is 2.69 bits per heavy atom. The van der Waals surface area contributed by atoms with E-state index in [0.29, 0.717) is 0 Å². The summed E-state index contributed by atoms with van der Waals surface area (Å²) in [5.41, 5.74) is 6.07. The molecule has 1 unspecified atom stereocenters. The Hall–Kier alpha value is -0.120. The molecule has 0 aromatic carbocycles. The van der Waals surface area contributed by atoms with E-state index in [2.05, 4.69) is 10.6 Å². The van der Waals surface area contributed by atoms with E-state index < -0.39 is 0 Å². The highest BCUT2D eigenvalue weighted by Crippen LogP contribution is 2.24. The summed E-state index contributed by atoms with van der Waals surface area (Å²) in [7, 11) is 0. The highest BCUT2D eigenvalue weighted by Gasteiger charge is 2.34. The lowest BCUT2D eigenvalue weighted by Crippen LogP contribution is -2.63. The molecule has 0 aromatic heterocycles. The molecule has 1 heterocycles. The van der Waals surface area contributed by atoms with Gasteiger partial charge in [0.25, 0.3) is 0 Å². The Labute approximate surface area is 80.5 Å². The summed E-state index contributed by atoms with van der Waals surface area (Å²) in [6.07, 6.45) is 6.60. The van der Waals surface area contributed by atoms with Gasteiger partial charge in [-0.05, 0) is 32.2 Å². The average Bonchev–Trinajstić information content (AvgIpc) is 2.13. The van der Waals surface area contributed by atoms with Crippen molar-refractivity contribution < 1.29 is 0 Å². The molecule has 0 bridgehead atoms. The van der Waals surface area contributed by atoms with Gasteiger partial charge in [0.2, 0.25) is 0 Å². The number of piperidine rings is 1. The Morgan fingerprint density at radius 2 is 2.23 bits per heavy atom. The molecule has 4 N–H and O–H groups in total. The molecule has 1 aliphatic carbocycles. The lowest BCUT2D eigenvalue weighted by molar-refractivity contribution is 0.189. The molecular formula is C10H21N3. The van der Waals surface area contributed by atoms with Crippen molar-refractivity contribution >= 4 is 0 Å². The summed E-state index contributed by atoms with van der Waals surface area (Å²) in [4.78, 5) is 0. The molecule has 2 fully saturated rings. The van der Waals surface area contributed by atoms with Crippen molar-refractivity contribution in [2.24, 2.45) is 5.73 Å². The molecule has 1 saturated heterocycles. The van der Waals surface area contributed by atoms with Crippen molar-refractivity contribution in [2.75, 3.05) is 19.6 Å². The van der Waals surface area contributed by atoms with E-state index in [1.807, 2.05) is 0 Å². The minimum absolute atomic E-state index is 0.212. The number of hydrogen-bond donors (Lipinski definition) is 3. The minimum atomic E-state index is 0.212. The minimum Gasteiger partial charge on any atom is -0.329 e. The first-order chi connectivity index (χ1) is 6.35. The van der Waals surface area contributed by atoms with E-state index in [-0.39, 0.29) is 5.54 Å². The average molecular weight is 183 g/mol. The second-order valence-electron chi connectivity index (χ2n) is 4.54. The van der Waals surface area contributed by atoms with Crippen LogP contribution in [0.1, 0.15) is 32.1 Å². The van der Waals surface area contributed by atoms with E-state index in [1.54, 1.807) is 0 Å². The normalized spacial score (nSPS) is 35.8. The highest BCUT2D eigenvalue weighted by molar-refractivity contribution is 4.97. The Bertz CT molecular complexity index is 160. The van der Waals surface area contributed by atoms with Crippen LogP contribution in [-0.4, -0.2) is 31.2 Å². The van der Waals surface area contributed by atoms with Crippen LogP contribution in [0.3, 0.4) is 0 Å².